The van der Waals surface area contributed by atoms with Crippen LogP contribution in [-0.2, 0) is 18.3 Å². The van der Waals surface area contributed by atoms with Gasteiger partial charge in [0.25, 0.3) is 0 Å². The van der Waals surface area contributed by atoms with Crippen molar-refractivity contribution in [2.45, 2.75) is 25.3 Å². The second-order valence-electron chi connectivity index (χ2n) is 4.37. The van der Waals surface area contributed by atoms with E-state index < -0.39 is 5.97 Å². The minimum atomic E-state index is -0.738. The first kappa shape index (κ1) is 11.1. The van der Waals surface area contributed by atoms with Crippen molar-refractivity contribution < 1.29 is 9.90 Å². The van der Waals surface area contributed by atoms with Crippen LogP contribution >= 0.6 is 0 Å². The molecular formula is C11H17N3O2. The Balaban J connectivity index is 1.83. The molecule has 0 spiro atoms. The maximum atomic E-state index is 10.7. The highest BCUT2D eigenvalue weighted by Gasteiger charge is 2.29. The van der Waals surface area contributed by atoms with Gasteiger partial charge in [0.05, 0.1) is 12.7 Å². The van der Waals surface area contributed by atoms with Gasteiger partial charge in [-0.25, -0.2) is 0 Å². The van der Waals surface area contributed by atoms with Gasteiger partial charge in [0.2, 0.25) is 0 Å². The van der Waals surface area contributed by atoms with Crippen LogP contribution in [0.25, 0.3) is 0 Å². The zero-order chi connectivity index (χ0) is 11.5. The molecular weight excluding hydrogens is 206 g/mol. The number of aromatic nitrogens is 2. The van der Waals surface area contributed by atoms with Gasteiger partial charge in [-0.1, -0.05) is 0 Å². The molecule has 88 valence electrons. The molecule has 1 N–H and O–H groups in total. The van der Waals surface area contributed by atoms with E-state index in [-0.39, 0.29) is 6.54 Å². The summed E-state index contributed by atoms with van der Waals surface area (Å²) in [5, 5.41) is 12.9. The molecule has 0 radical (unpaired) electrons. The van der Waals surface area contributed by atoms with Gasteiger partial charge in [-0.15, -0.1) is 0 Å². The Morgan fingerprint density at radius 3 is 2.94 bits per heavy atom. The average Bonchev–Trinajstić information content (AvgIpc) is 2.97. The minimum absolute atomic E-state index is 0.158. The smallest absolute Gasteiger partial charge is 0.317 e. The van der Waals surface area contributed by atoms with E-state index in [0.29, 0.717) is 6.04 Å². The van der Waals surface area contributed by atoms with E-state index in [2.05, 4.69) is 10.00 Å². The lowest BCUT2D eigenvalue weighted by Crippen LogP contribution is -2.33. The summed E-state index contributed by atoms with van der Waals surface area (Å²) < 4.78 is 1.77. The summed E-state index contributed by atoms with van der Waals surface area (Å²) in [6, 6.07) is 0.493. The maximum Gasteiger partial charge on any atom is 0.317 e. The number of rotatable bonds is 6. The second-order valence-corrected chi connectivity index (χ2v) is 4.37. The quantitative estimate of drug-likeness (QED) is 0.763. The van der Waals surface area contributed by atoms with Gasteiger partial charge in [0, 0.05) is 25.8 Å². The molecule has 1 saturated carbocycles. The van der Waals surface area contributed by atoms with Crippen LogP contribution < -0.4 is 0 Å². The molecule has 1 heterocycles. The Kier molecular flexibility index (Phi) is 3.24. The molecule has 0 aromatic carbocycles. The van der Waals surface area contributed by atoms with Gasteiger partial charge >= 0.3 is 5.97 Å². The summed E-state index contributed by atoms with van der Waals surface area (Å²) in [5.74, 6) is -0.738. The molecule has 0 unspecified atom stereocenters. The van der Waals surface area contributed by atoms with Crippen LogP contribution in [0.2, 0.25) is 0 Å². The number of hydrogen-bond acceptors (Lipinski definition) is 3. The van der Waals surface area contributed by atoms with E-state index in [1.54, 1.807) is 4.68 Å². The van der Waals surface area contributed by atoms with Gasteiger partial charge in [-0.3, -0.25) is 14.4 Å². The number of hydrogen-bond donors (Lipinski definition) is 1. The minimum Gasteiger partial charge on any atom is -0.480 e. The molecule has 0 saturated heterocycles. The lowest BCUT2D eigenvalue weighted by molar-refractivity contribution is -0.138. The molecule has 0 amide bonds. The van der Waals surface area contributed by atoms with Crippen LogP contribution in [0.15, 0.2) is 12.4 Å². The van der Waals surface area contributed by atoms with Gasteiger partial charge in [-0.2, -0.15) is 5.10 Å². The van der Waals surface area contributed by atoms with Crippen molar-refractivity contribution >= 4 is 5.97 Å². The summed E-state index contributed by atoms with van der Waals surface area (Å²) >= 11 is 0. The van der Waals surface area contributed by atoms with Gasteiger partial charge in [0.15, 0.2) is 0 Å². The average molecular weight is 223 g/mol. The van der Waals surface area contributed by atoms with Gasteiger partial charge in [-0.05, 0) is 24.8 Å². The Hall–Kier alpha value is -1.36. The Morgan fingerprint density at radius 2 is 2.44 bits per heavy atom. The predicted octanol–water partition coefficient (Wildman–Crippen LogP) is 0.512. The van der Waals surface area contributed by atoms with E-state index in [1.807, 2.05) is 19.4 Å². The van der Waals surface area contributed by atoms with Gasteiger partial charge < -0.3 is 5.11 Å². The highest BCUT2D eigenvalue weighted by molar-refractivity contribution is 5.69. The molecule has 1 aliphatic carbocycles. The van der Waals surface area contributed by atoms with Crippen LogP contribution in [-0.4, -0.2) is 44.9 Å². The van der Waals surface area contributed by atoms with Crippen LogP contribution in [0.4, 0.5) is 0 Å². The predicted molar refractivity (Wildman–Crippen MR) is 59.1 cm³/mol. The third-order valence-corrected chi connectivity index (χ3v) is 2.85. The Labute approximate surface area is 94.7 Å². The number of carboxylic acid groups (broad SMARTS) is 1. The summed E-state index contributed by atoms with van der Waals surface area (Å²) in [4.78, 5) is 12.8. The fourth-order valence-electron chi connectivity index (χ4n) is 1.88. The van der Waals surface area contributed by atoms with E-state index in [9.17, 15) is 4.79 Å². The number of carbonyl (C=O) groups is 1. The van der Waals surface area contributed by atoms with Crippen LogP contribution in [0.1, 0.15) is 18.4 Å². The van der Waals surface area contributed by atoms with Crippen LogP contribution in [0.5, 0.6) is 0 Å². The summed E-state index contributed by atoms with van der Waals surface area (Å²) in [7, 11) is 1.89. The lowest BCUT2D eigenvalue weighted by atomic mass is 10.2. The van der Waals surface area contributed by atoms with Crippen LogP contribution in [0, 0.1) is 0 Å². The zero-order valence-electron chi connectivity index (χ0n) is 9.46. The van der Waals surface area contributed by atoms with Crippen molar-refractivity contribution in [3.8, 4) is 0 Å². The lowest BCUT2D eigenvalue weighted by Gasteiger charge is -2.18. The molecule has 1 aromatic heterocycles. The fraction of sp³-hybridized carbons (Fsp3) is 0.636. The Bertz CT molecular complexity index is 371. The Morgan fingerprint density at radius 1 is 1.69 bits per heavy atom. The number of aliphatic carboxylic acids is 1. The van der Waals surface area contributed by atoms with Crippen molar-refractivity contribution in [2.24, 2.45) is 7.05 Å². The van der Waals surface area contributed by atoms with Crippen molar-refractivity contribution in [1.29, 1.82) is 0 Å². The largest absolute Gasteiger partial charge is 0.480 e. The molecule has 1 fully saturated rings. The van der Waals surface area contributed by atoms with Crippen molar-refractivity contribution in [3.05, 3.63) is 18.0 Å². The summed E-state index contributed by atoms with van der Waals surface area (Å²) in [5.41, 5.74) is 1.17. The number of carboxylic acids is 1. The SMILES string of the molecule is Cn1cc(CCN(CC(=O)O)C2CC2)cn1. The molecule has 0 atom stereocenters. The highest BCUT2D eigenvalue weighted by atomic mass is 16.4. The fourth-order valence-corrected chi connectivity index (χ4v) is 1.88. The molecule has 1 aromatic rings. The molecule has 0 bridgehead atoms. The molecule has 16 heavy (non-hydrogen) atoms. The summed E-state index contributed by atoms with van der Waals surface area (Å²) in [6.45, 7) is 0.966. The van der Waals surface area contributed by atoms with E-state index in [0.717, 1.165) is 25.8 Å². The first-order valence-corrected chi connectivity index (χ1v) is 5.58. The third kappa shape index (κ3) is 3.06. The molecule has 2 rings (SSSR count). The molecule has 5 heteroatoms. The van der Waals surface area contributed by atoms with E-state index >= 15 is 0 Å². The van der Waals surface area contributed by atoms with E-state index in [1.165, 1.54) is 5.56 Å². The van der Waals surface area contributed by atoms with Crippen molar-refractivity contribution in [3.63, 3.8) is 0 Å². The second kappa shape index (κ2) is 4.65. The third-order valence-electron chi connectivity index (χ3n) is 2.85. The molecule has 5 nitrogen and oxygen atoms in total. The van der Waals surface area contributed by atoms with Gasteiger partial charge in [0.1, 0.15) is 0 Å². The van der Waals surface area contributed by atoms with Crippen LogP contribution in [0.3, 0.4) is 0 Å². The molecule has 0 aliphatic heterocycles. The maximum absolute atomic E-state index is 10.7. The normalized spacial score (nSPS) is 15.6. The standard InChI is InChI=1S/C11H17N3O2/c1-13-7-9(6-12-13)4-5-14(8-11(15)16)10-2-3-10/h6-7,10H,2-5,8H2,1H3,(H,15,16). The highest BCUT2D eigenvalue weighted by Crippen LogP contribution is 2.26. The number of aryl methyl sites for hydroxylation is 1. The monoisotopic (exact) mass is 223 g/mol. The topological polar surface area (TPSA) is 58.4 Å². The van der Waals surface area contributed by atoms with Crippen molar-refractivity contribution in [2.75, 3.05) is 13.1 Å². The van der Waals surface area contributed by atoms with E-state index in [4.69, 9.17) is 5.11 Å². The first-order valence-electron chi connectivity index (χ1n) is 5.58. The zero-order valence-corrected chi connectivity index (χ0v) is 9.46. The summed E-state index contributed by atoms with van der Waals surface area (Å²) in [6.07, 6.45) is 6.97. The number of nitrogens with zero attached hydrogens (tertiary/aromatic N) is 3. The first-order chi connectivity index (χ1) is 7.65. The molecule has 1 aliphatic rings. The van der Waals surface area contributed by atoms with Crippen molar-refractivity contribution in [1.82, 2.24) is 14.7 Å².